The SMILES string of the molecule is CCCCN(CC)c1cc(C)nc2c(Br)cccc12. The van der Waals surface area contributed by atoms with Crippen molar-refractivity contribution >= 4 is 32.5 Å². The summed E-state index contributed by atoms with van der Waals surface area (Å²) in [6, 6.07) is 8.51. The van der Waals surface area contributed by atoms with Gasteiger partial charge >= 0.3 is 0 Å². The largest absolute Gasteiger partial charge is 0.371 e. The standard InChI is InChI=1S/C16H21BrN2/c1-4-6-10-19(5-2)15-11-12(3)18-16-13(15)8-7-9-14(16)17/h7-9,11H,4-6,10H2,1-3H3. The lowest BCUT2D eigenvalue weighted by Gasteiger charge is -2.25. The quantitative estimate of drug-likeness (QED) is 0.776. The summed E-state index contributed by atoms with van der Waals surface area (Å²) in [4.78, 5) is 7.11. The summed E-state index contributed by atoms with van der Waals surface area (Å²) in [7, 11) is 0. The molecule has 19 heavy (non-hydrogen) atoms. The summed E-state index contributed by atoms with van der Waals surface area (Å²) in [5, 5.41) is 1.23. The maximum absolute atomic E-state index is 4.66. The van der Waals surface area contributed by atoms with Crippen LogP contribution in [0.5, 0.6) is 0 Å². The van der Waals surface area contributed by atoms with E-state index in [-0.39, 0.29) is 0 Å². The summed E-state index contributed by atoms with van der Waals surface area (Å²) in [6.45, 7) is 8.66. The maximum atomic E-state index is 4.66. The molecule has 0 spiro atoms. The summed E-state index contributed by atoms with van der Waals surface area (Å²) in [5.41, 5.74) is 3.44. The Morgan fingerprint density at radius 2 is 2.05 bits per heavy atom. The summed E-state index contributed by atoms with van der Waals surface area (Å²) in [6.07, 6.45) is 2.45. The Hall–Kier alpha value is -1.09. The van der Waals surface area contributed by atoms with E-state index in [2.05, 4.69) is 70.9 Å². The Morgan fingerprint density at radius 1 is 1.26 bits per heavy atom. The van der Waals surface area contributed by atoms with Crippen molar-refractivity contribution < 1.29 is 0 Å². The number of nitrogens with zero attached hydrogens (tertiary/aromatic N) is 2. The molecule has 0 saturated heterocycles. The predicted octanol–water partition coefficient (Wildman–Crippen LogP) is 4.93. The van der Waals surface area contributed by atoms with Gasteiger partial charge in [0.2, 0.25) is 0 Å². The fourth-order valence-corrected chi connectivity index (χ4v) is 2.83. The Bertz CT molecular complexity index is 566. The number of hydrogen-bond acceptors (Lipinski definition) is 2. The second-order valence-corrected chi connectivity index (χ2v) is 5.71. The fraction of sp³-hybridized carbons (Fsp3) is 0.438. The van der Waals surface area contributed by atoms with E-state index < -0.39 is 0 Å². The highest BCUT2D eigenvalue weighted by atomic mass is 79.9. The van der Waals surface area contributed by atoms with Crippen LogP contribution in [0, 0.1) is 6.92 Å². The van der Waals surface area contributed by atoms with Gasteiger partial charge in [0.25, 0.3) is 0 Å². The molecule has 102 valence electrons. The molecule has 1 heterocycles. The number of fused-ring (bicyclic) bond motifs is 1. The Morgan fingerprint density at radius 3 is 2.74 bits per heavy atom. The van der Waals surface area contributed by atoms with E-state index in [0.717, 1.165) is 28.8 Å². The van der Waals surface area contributed by atoms with Gasteiger partial charge in [-0.05, 0) is 48.3 Å². The van der Waals surface area contributed by atoms with Gasteiger partial charge in [0, 0.05) is 34.3 Å². The first-order valence-electron chi connectivity index (χ1n) is 6.98. The van der Waals surface area contributed by atoms with Crippen LogP contribution in [0.2, 0.25) is 0 Å². The van der Waals surface area contributed by atoms with Crippen molar-refractivity contribution in [3.05, 3.63) is 34.4 Å². The van der Waals surface area contributed by atoms with Crippen LogP contribution >= 0.6 is 15.9 Å². The Kier molecular flexibility index (Phi) is 4.81. The third kappa shape index (κ3) is 3.08. The lowest BCUT2D eigenvalue weighted by Crippen LogP contribution is -2.24. The van der Waals surface area contributed by atoms with Crippen molar-refractivity contribution in [3.8, 4) is 0 Å². The Labute approximate surface area is 124 Å². The van der Waals surface area contributed by atoms with Crippen molar-refractivity contribution in [2.24, 2.45) is 0 Å². The van der Waals surface area contributed by atoms with Gasteiger partial charge in [0.15, 0.2) is 0 Å². The second kappa shape index (κ2) is 6.38. The van der Waals surface area contributed by atoms with E-state index in [4.69, 9.17) is 0 Å². The number of rotatable bonds is 5. The summed E-state index contributed by atoms with van der Waals surface area (Å²) in [5.74, 6) is 0. The van der Waals surface area contributed by atoms with E-state index >= 15 is 0 Å². The minimum Gasteiger partial charge on any atom is -0.371 e. The van der Waals surface area contributed by atoms with Crippen LogP contribution in [0.4, 0.5) is 5.69 Å². The minimum absolute atomic E-state index is 1.03. The summed E-state index contributed by atoms with van der Waals surface area (Å²) >= 11 is 3.61. The number of hydrogen-bond donors (Lipinski definition) is 0. The molecule has 0 amide bonds. The number of pyridine rings is 1. The lowest BCUT2D eigenvalue weighted by molar-refractivity contribution is 0.733. The zero-order valence-electron chi connectivity index (χ0n) is 11.9. The summed E-state index contributed by atoms with van der Waals surface area (Å²) < 4.78 is 1.07. The predicted molar refractivity (Wildman–Crippen MR) is 87.0 cm³/mol. The van der Waals surface area contributed by atoms with Gasteiger partial charge in [-0.25, -0.2) is 0 Å². The van der Waals surface area contributed by atoms with Crippen LogP contribution < -0.4 is 4.90 Å². The molecule has 0 aliphatic carbocycles. The molecule has 2 nitrogen and oxygen atoms in total. The molecular formula is C16H21BrN2. The number of unbranched alkanes of at least 4 members (excludes halogenated alkanes) is 1. The molecule has 0 radical (unpaired) electrons. The topological polar surface area (TPSA) is 16.1 Å². The lowest BCUT2D eigenvalue weighted by atomic mass is 10.1. The number of halogens is 1. The molecule has 1 aromatic heterocycles. The first-order chi connectivity index (χ1) is 9.17. The maximum Gasteiger partial charge on any atom is 0.0867 e. The first-order valence-corrected chi connectivity index (χ1v) is 7.77. The average Bonchev–Trinajstić information content (AvgIpc) is 2.40. The van der Waals surface area contributed by atoms with Gasteiger partial charge < -0.3 is 4.90 Å². The number of benzene rings is 1. The molecule has 1 aromatic carbocycles. The molecule has 3 heteroatoms. The van der Waals surface area contributed by atoms with Gasteiger partial charge in [-0.3, -0.25) is 4.98 Å². The number of aryl methyl sites for hydroxylation is 1. The van der Waals surface area contributed by atoms with Crippen LogP contribution in [-0.2, 0) is 0 Å². The van der Waals surface area contributed by atoms with Gasteiger partial charge in [-0.1, -0.05) is 25.5 Å². The first kappa shape index (κ1) is 14.3. The monoisotopic (exact) mass is 320 g/mol. The van der Waals surface area contributed by atoms with Crippen molar-refractivity contribution in [2.45, 2.75) is 33.6 Å². The third-order valence-electron chi connectivity index (χ3n) is 3.40. The van der Waals surface area contributed by atoms with Crippen molar-refractivity contribution in [2.75, 3.05) is 18.0 Å². The molecule has 0 saturated carbocycles. The van der Waals surface area contributed by atoms with Crippen molar-refractivity contribution in [3.63, 3.8) is 0 Å². The average molecular weight is 321 g/mol. The van der Waals surface area contributed by atoms with Gasteiger partial charge in [0.1, 0.15) is 0 Å². The molecular weight excluding hydrogens is 300 g/mol. The van der Waals surface area contributed by atoms with E-state index in [1.165, 1.54) is 23.9 Å². The molecule has 0 atom stereocenters. The van der Waals surface area contributed by atoms with Gasteiger partial charge in [-0.2, -0.15) is 0 Å². The number of anilines is 1. The number of aromatic nitrogens is 1. The molecule has 2 aromatic rings. The van der Waals surface area contributed by atoms with Crippen molar-refractivity contribution in [1.82, 2.24) is 4.98 Å². The zero-order chi connectivity index (χ0) is 13.8. The molecule has 0 unspecified atom stereocenters. The fourth-order valence-electron chi connectivity index (χ4n) is 2.38. The van der Waals surface area contributed by atoms with Crippen molar-refractivity contribution in [1.29, 1.82) is 0 Å². The van der Waals surface area contributed by atoms with Gasteiger partial charge in [-0.15, -0.1) is 0 Å². The molecule has 0 bridgehead atoms. The molecule has 2 rings (SSSR count). The second-order valence-electron chi connectivity index (χ2n) is 4.85. The third-order valence-corrected chi connectivity index (χ3v) is 4.04. The normalized spacial score (nSPS) is 10.9. The van der Waals surface area contributed by atoms with Crippen LogP contribution in [0.1, 0.15) is 32.4 Å². The highest BCUT2D eigenvalue weighted by Crippen LogP contribution is 2.31. The zero-order valence-corrected chi connectivity index (χ0v) is 13.5. The van der Waals surface area contributed by atoms with Crippen LogP contribution in [0.25, 0.3) is 10.9 Å². The van der Waals surface area contributed by atoms with E-state index in [1.807, 2.05) is 0 Å². The molecule has 0 N–H and O–H groups in total. The van der Waals surface area contributed by atoms with E-state index in [1.54, 1.807) is 0 Å². The van der Waals surface area contributed by atoms with Crippen LogP contribution in [-0.4, -0.2) is 18.1 Å². The molecule has 0 aliphatic heterocycles. The van der Waals surface area contributed by atoms with Crippen LogP contribution in [0.3, 0.4) is 0 Å². The van der Waals surface area contributed by atoms with E-state index in [0.29, 0.717) is 0 Å². The molecule has 0 fully saturated rings. The molecule has 0 aliphatic rings. The number of para-hydroxylation sites is 1. The van der Waals surface area contributed by atoms with Crippen LogP contribution in [0.15, 0.2) is 28.7 Å². The minimum atomic E-state index is 1.03. The smallest absolute Gasteiger partial charge is 0.0867 e. The van der Waals surface area contributed by atoms with E-state index in [9.17, 15) is 0 Å². The highest BCUT2D eigenvalue weighted by molar-refractivity contribution is 9.10. The van der Waals surface area contributed by atoms with Gasteiger partial charge in [0.05, 0.1) is 5.52 Å². The highest BCUT2D eigenvalue weighted by Gasteiger charge is 2.11. The Balaban J connectivity index is 2.54.